The average Bonchev–Trinajstić information content (AvgIpc) is 3.73. The van der Waals surface area contributed by atoms with Crippen LogP contribution < -0.4 is 4.90 Å². The van der Waals surface area contributed by atoms with Crippen LogP contribution in [0.5, 0.6) is 0 Å². The Morgan fingerprint density at radius 1 is 0.288 bits per heavy atom. The summed E-state index contributed by atoms with van der Waals surface area (Å²) in [6.45, 7) is 4.70. The number of fused-ring (bicyclic) bond motifs is 6. The molecule has 0 saturated heterocycles. The molecule has 1 nitrogen and oxygen atoms in total. The van der Waals surface area contributed by atoms with E-state index in [-0.39, 0.29) is 5.41 Å². The highest BCUT2D eigenvalue weighted by Gasteiger charge is 2.46. The molecule has 1 heteroatoms. The molecule has 0 atom stereocenters. The Labute approximate surface area is 347 Å². The third-order valence-corrected chi connectivity index (χ3v) is 13.0. The van der Waals surface area contributed by atoms with Crippen LogP contribution in [0.4, 0.5) is 17.1 Å². The zero-order valence-electron chi connectivity index (χ0n) is 33.3. The van der Waals surface area contributed by atoms with Crippen LogP contribution in [0.15, 0.2) is 224 Å². The second-order valence-electron chi connectivity index (χ2n) is 16.5. The van der Waals surface area contributed by atoms with Crippen molar-refractivity contribution in [2.75, 3.05) is 4.90 Å². The lowest BCUT2D eigenvalue weighted by Gasteiger charge is -2.35. The molecule has 0 heterocycles. The lowest BCUT2D eigenvalue weighted by molar-refractivity contribution is 0.660. The fraction of sp³-hybridized carbons (Fsp3) is 0.0690. The minimum absolute atomic E-state index is 0.0485. The zero-order chi connectivity index (χ0) is 39.6. The maximum Gasteiger partial charge on any atom is 0.0714 e. The molecule has 2 aliphatic rings. The molecule has 0 bridgehead atoms. The van der Waals surface area contributed by atoms with Gasteiger partial charge in [0.2, 0.25) is 0 Å². The van der Waals surface area contributed by atoms with Gasteiger partial charge in [-0.2, -0.15) is 0 Å². The molecule has 9 aromatic carbocycles. The Morgan fingerprint density at radius 2 is 0.729 bits per heavy atom. The minimum atomic E-state index is -0.488. The number of hydrogen-bond acceptors (Lipinski definition) is 1. The molecule has 0 aliphatic heterocycles. The van der Waals surface area contributed by atoms with Gasteiger partial charge in [-0.3, -0.25) is 0 Å². The molecule has 11 rings (SSSR count). The molecule has 280 valence electrons. The molecule has 0 radical (unpaired) electrons. The lowest BCUT2D eigenvalue weighted by atomic mass is 9.67. The van der Waals surface area contributed by atoms with E-state index < -0.39 is 5.41 Å². The van der Waals surface area contributed by atoms with E-state index in [0.29, 0.717) is 0 Å². The van der Waals surface area contributed by atoms with Crippen LogP contribution in [-0.4, -0.2) is 0 Å². The van der Waals surface area contributed by atoms with Crippen molar-refractivity contribution < 1.29 is 0 Å². The van der Waals surface area contributed by atoms with E-state index in [1.165, 1.54) is 77.9 Å². The first-order valence-electron chi connectivity index (χ1n) is 20.7. The Bertz CT molecular complexity index is 2950. The number of anilines is 3. The second-order valence-corrected chi connectivity index (χ2v) is 16.5. The molecule has 0 spiro atoms. The van der Waals surface area contributed by atoms with Gasteiger partial charge in [0.05, 0.1) is 5.41 Å². The Balaban J connectivity index is 1.06. The van der Waals surface area contributed by atoms with Crippen LogP contribution in [0.1, 0.15) is 47.2 Å². The van der Waals surface area contributed by atoms with Crippen LogP contribution in [0.3, 0.4) is 0 Å². The molecule has 0 aromatic heterocycles. The maximum absolute atomic E-state index is 2.42. The van der Waals surface area contributed by atoms with Gasteiger partial charge in [-0.25, -0.2) is 0 Å². The highest BCUT2D eigenvalue weighted by molar-refractivity contribution is 5.88. The number of hydrogen-bond donors (Lipinski definition) is 0. The smallest absolute Gasteiger partial charge is 0.0714 e. The van der Waals surface area contributed by atoms with Crippen LogP contribution in [0, 0.1) is 0 Å². The van der Waals surface area contributed by atoms with Gasteiger partial charge in [-0.05, 0) is 120 Å². The number of rotatable bonds is 7. The predicted octanol–water partition coefficient (Wildman–Crippen LogP) is 15.2. The van der Waals surface area contributed by atoms with E-state index in [0.717, 1.165) is 17.1 Å². The third kappa shape index (κ3) is 5.46. The van der Waals surface area contributed by atoms with Crippen molar-refractivity contribution in [2.45, 2.75) is 24.7 Å². The van der Waals surface area contributed by atoms with Crippen LogP contribution in [-0.2, 0) is 10.8 Å². The molecule has 0 fully saturated rings. The summed E-state index contributed by atoms with van der Waals surface area (Å²) in [6, 6.07) is 82.9. The molecule has 9 aromatic rings. The quantitative estimate of drug-likeness (QED) is 0.157. The Kier molecular flexibility index (Phi) is 8.13. The number of nitrogens with zero attached hydrogens (tertiary/aromatic N) is 1. The van der Waals surface area contributed by atoms with E-state index in [1.807, 2.05) is 0 Å². The van der Waals surface area contributed by atoms with Gasteiger partial charge in [-0.15, -0.1) is 0 Å². The normalized spacial score (nSPS) is 13.9. The maximum atomic E-state index is 2.42. The fourth-order valence-electron chi connectivity index (χ4n) is 10.2. The highest BCUT2D eigenvalue weighted by atomic mass is 15.1. The minimum Gasteiger partial charge on any atom is -0.310 e. The standard InChI is InChI=1S/C58H43N/c1-57(2)53-25-12-9-22-49(53)52-37-32-43(38-56(52)57)42-30-35-47(36-31-42)59(46-33-28-41(29-34-46)40-16-5-3-6-17-40)48-21-15-20-45(39-48)58(44-18-7-4-8-19-44)54-26-13-10-23-50(54)51-24-11-14-27-55(51)58/h3-39H,1-2H3. The summed E-state index contributed by atoms with van der Waals surface area (Å²) in [6.07, 6.45) is 0. The molecule has 0 amide bonds. The Hall–Kier alpha value is -7.22. The van der Waals surface area contributed by atoms with E-state index in [4.69, 9.17) is 0 Å². The van der Waals surface area contributed by atoms with E-state index >= 15 is 0 Å². The first-order valence-corrected chi connectivity index (χ1v) is 20.7. The van der Waals surface area contributed by atoms with Crippen molar-refractivity contribution in [3.8, 4) is 44.5 Å². The molecule has 59 heavy (non-hydrogen) atoms. The summed E-state index contributed by atoms with van der Waals surface area (Å²) in [4.78, 5) is 2.41. The van der Waals surface area contributed by atoms with Crippen molar-refractivity contribution in [1.82, 2.24) is 0 Å². The largest absolute Gasteiger partial charge is 0.310 e. The van der Waals surface area contributed by atoms with Gasteiger partial charge in [0, 0.05) is 22.5 Å². The topological polar surface area (TPSA) is 3.24 Å². The van der Waals surface area contributed by atoms with E-state index in [9.17, 15) is 0 Å². The highest BCUT2D eigenvalue weighted by Crippen LogP contribution is 2.57. The molecule has 2 aliphatic carbocycles. The van der Waals surface area contributed by atoms with Gasteiger partial charge in [0.25, 0.3) is 0 Å². The van der Waals surface area contributed by atoms with Gasteiger partial charge in [0.15, 0.2) is 0 Å². The van der Waals surface area contributed by atoms with Gasteiger partial charge >= 0.3 is 0 Å². The van der Waals surface area contributed by atoms with Crippen molar-refractivity contribution in [3.05, 3.63) is 258 Å². The molecule has 0 saturated carbocycles. The summed E-state index contributed by atoms with van der Waals surface area (Å²) < 4.78 is 0. The monoisotopic (exact) mass is 753 g/mol. The van der Waals surface area contributed by atoms with Crippen LogP contribution in [0.25, 0.3) is 44.5 Å². The van der Waals surface area contributed by atoms with Crippen molar-refractivity contribution in [2.24, 2.45) is 0 Å². The van der Waals surface area contributed by atoms with Crippen molar-refractivity contribution in [1.29, 1.82) is 0 Å². The molecule has 0 unspecified atom stereocenters. The lowest BCUT2D eigenvalue weighted by Crippen LogP contribution is -2.28. The molecule has 0 N–H and O–H groups in total. The van der Waals surface area contributed by atoms with Crippen LogP contribution in [0.2, 0.25) is 0 Å². The first-order chi connectivity index (χ1) is 29.0. The zero-order valence-corrected chi connectivity index (χ0v) is 33.3. The van der Waals surface area contributed by atoms with E-state index in [1.54, 1.807) is 0 Å². The second kappa shape index (κ2) is 13.7. The van der Waals surface area contributed by atoms with Crippen LogP contribution >= 0.6 is 0 Å². The molecular formula is C58H43N. The third-order valence-electron chi connectivity index (χ3n) is 13.0. The van der Waals surface area contributed by atoms with Gasteiger partial charge in [-0.1, -0.05) is 196 Å². The summed E-state index contributed by atoms with van der Waals surface area (Å²) in [5.74, 6) is 0. The van der Waals surface area contributed by atoms with Crippen molar-refractivity contribution >= 4 is 17.1 Å². The summed E-state index contributed by atoms with van der Waals surface area (Å²) in [7, 11) is 0. The van der Waals surface area contributed by atoms with Gasteiger partial charge in [0.1, 0.15) is 0 Å². The summed E-state index contributed by atoms with van der Waals surface area (Å²) in [5.41, 5.74) is 20.8. The summed E-state index contributed by atoms with van der Waals surface area (Å²) >= 11 is 0. The fourth-order valence-corrected chi connectivity index (χ4v) is 10.2. The Morgan fingerprint density at radius 3 is 1.34 bits per heavy atom. The molecular weight excluding hydrogens is 711 g/mol. The van der Waals surface area contributed by atoms with Gasteiger partial charge < -0.3 is 4.90 Å². The summed E-state index contributed by atoms with van der Waals surface area (Å²) in [5, 5.41) is 0. The van der Waals surface area contributed by atoms with E-state index in [2.05, 4.69) is 243 Å². The van der Waals surface area contributed by atoms with Crippen molar-refractivity contribution in [3.63, 3.8) is 0 Å². The first kappa shape index (κ1) is 35.0. The number of benzene rings is 9. The predicted molar refractivity (Wildman–Crippen MR) is 247 cm³/mol. The average molecular weight is 754 g/mol. The SMILES string of the molecule is CC1(C)c2ccccc2-c2ccc(-c3ccc(N(c4ccc(-c5ccccc5)cc4)c4cccc(C5(c6ccccc6)c6ccccc6-c6ccccc65)c4)cc3)cc21.